The lowest BCUT2D eigenvalue weighted by molar-refractivity contribution is 0.235. The Hall–Kier alpha value is -2.44. The van der Waals surface area contributed by atoms with Crippen molar-refractivity contribution in [2.75, 3.05) is 0 Å². The van der Waals surface area contributed by atoms with Gasteiger partial charge in [-0.2, -0.15) is 0 Å². The van der Waals surface area contributed by atoms with Gasteiger partial charge in [-0.1, -0.05) is 30.7 Å². The van der Waals surface area contributed by atoms with Crippen LogP contribution in [0.25, 0.3) is 0 Å². The molecule has 1 aromatic heterocycles. The highest BCUT2D eigenvalue weighted by Crippen LogP contribution is 2.34. The Morgan fingerprint density at radius 1 is 1.21 bits per heavy atom. The van der Waals surface area contributed by atoms with Gasteiger partial charge in [0.05, 0.1) is 18.6 Å². The minimum Gasteiger partial charge on any atom is -0.331 e. The van der Waals surface area contributed by atoms with E-state index in [2.05, 4.69) is 44.4 Å². The average molecular weight is 326 g/mol. The second-order valence-corrected chi connectivity index (χ2v) is 6.60. The highest BCUT2D eigenvalue weighted by molar-refractivity contribution is 5.74. The summed E-state index contributed by atoms with van der Waals surface area (Å²) in [4.78, 5) is 12.3. The molecule has 1 heterocycles. The number of carbonyl (C=O) groups excluding carboxylic acids is 1. The fourth-order valence-electron chi connectivity index (χ4n) is 3.37. The van der Waals surface area contributed by atoms with Crippen LogP contribution in [0.3, 0.4) is 0 Å². The number of tetrazole rings is 1. The lowest BCUT2D eigenvalue weighted by Crippen LogP contribution is -2.38. The largest absolute Gasteiger partial charge is 0.331 e. The molecule has 2 aromatic rings. The SMILES string of the molecule is O=C(NCc1nnnn1C1CC1)N[C@H]1CCCCc2ccccc21. The fraction of sp³-hybridized carbons (Fsp3) is 0.529. The van der Waals surface area contributed by atoms with Crippen LogP contribution in [0.4, 0.5) is 4.79 Å². The van der Waals surface area contributed by atoms with Crippen molar-refractivity contribution in [1.29, 1.82) is 0 Å². The van der Waals surface area contributed by atoms with Crippen molar-refractivity contribution in [1.82, 2.24) is 30.8 Å². The zero-order valence-corrected chi connectivity index (χ0v) is 13.6. The van der Waals surface area contributed by atoms with E-state index >= 15 is 0 Å². The van der Waals surface area contributed by atoms with E-state index in [4.69, 9.17) is 0 Å². The van der Waals surface area contributed by atoms with Crippen molar-refractivity contribution in [3.8, 4) is 0 Å². The first-order valence-electron chi connectivity index (χ1n) is 8.70. The fourth-order valence-corrected chi connectivity index (χ4v) is 3.37. The minimum atomic E-state index is -0.165. The Labute approximate surface area is 140 Å². The van der Waals surface area contributed by atoms with Crippen LogP contribution in [0.2, 0.25) is 0 Å². The molecule has 1 fully saturated rings. The van der Waals surface area contributed by atoms with Crippen LogP contribution in [-0.4, -0.2) is 26.2 Å². The molecule has 2 amide bonds. The molecule has 0 bridgehead atoms. The molecule has 0 unspecified atom stereocenters. The van der Waals surface area contributed by atoms with Gasteiger partial charge in [0.2, 0.25) is 0 Å². The normalized spacial score (nSPS) is 20.1. The van der Waals surface area contributed by atoms with E-state index in [9.17, 15) is 4.79 Å². The number of amides is 2. The first-order valence-corrected chi connectivity index (χ1v) is 8.70. The second kappa shape index (κ2) is 6.59. The van der Waals surface area contributed by atoms with Gasteiger partial charge in [-0.05, 0) is 53.7 Å². The number of rotatable bonds is 4. The van der Waals surface area contributed by atoms with Crippen LogP contribution >= 0.6 is 0 Å². The highest BCUT2D eigenvalue weighted by Gasteiger charge is 2.28. The maximum atomic E-state index is 12.3. The van der Waals surface area contributed by atoms with Crippen LogP contribution in [0.15, 0.2) is 24.3 Å². The van der Waals surface area contributed by atoms with Crippen LogP contribution in [0, 0.1) is 0 Å². The lowest BCUT2D eigenvalue weighted by Gasteiger charge is -2.19. The molecule has 7 heteroatoms. The van der Waals surface area contributed by atoms with Crippen LogP contribution in [0.5, 0.6) is 0 Å². The number of benzene rings is 1. The van der Waals surface area contributed by atoms with Gasteiger partial charge in [0, 0.05) is 0 Å². The van der Waals surface area contributed by atoms with Crippen LogP contribution in [-0.2, 0) is 13.0 Å². The summed E-state index contributed by atoms with van der Waals surface area (Å²) < 4.78 is 1.82. The van der Waals surface area contributed by atoms with Crippen molar-refractivity contribution in [3.63, 3.8) is 0 Å². The molecule has 24 heavy (non-hydrogen) atoms. The molecule has 126 valence electrons. The maximum absolute atomic E-state index is 12.3. The Morgan fingerprint density at radius 2 is 2.08 bits per heavy atom. The molecular weight excluding hydrogens is 304 g/mol. The lowest BCUT2D eigenvalue weighted by atomic mass is 9.99. The molecule has 1 atom stereocenters. The van der Waals surface area contributed by atoms with E-state index in [1.54, 1.807) is 0 Å². The highest BCUT2D eigenvalue weighted by atomic mass is 16.2. The number of aryl methyl sites for hydroxylation is 1. The van der Waals surface area contributed by atoms with Gasteiger partial charge in [0.1, 0.15) is 0 Å². The Balaban J connectivity index is 1.38. The van der Waals surface area contributed by atoms with Gasteiger partial charge < -0.3 is 10.6 Å². The molecule has 0 radical (unpaired) electrons. The number of aromatic nitrogens is 4. The number of fused-ring (bicyclic) bond motifs is 1. The third kappa shape index (κ3) is 3.25. The molecule has 1 saturated carbocycles. The molecule has 0 spiro atoms. The average Bonchev–Trinajstić information content (AvgIpc) is 3.37. The van der Waals surface area contributed by atoms with E-state index in [1.165, 1.54) is 17.5 Å². The van der Waals surface area contributed by atoms with E-state index in [0.717, 1.165) is 32.1 Å². The first kappa shape index (κ1) is 15.1. The minimum absolute atomic E-state index is 0.0723. The van der Waals surface area contributed by atoms with E-state index in [-0.39, 0.29) is 12.1 Å². The zero-order chi connectivity index (χ0) is 16.4. The summed E-state index contributed by atoms with van der Waals surface area (Å²) in [7, 11) is 0. The molecule has 1 aromatic carbocycles. The topological polar surface area (TPSA) is 84.7 Å². The second-order valence-electron chi connectivity index (χ2n) is 6.60. The number of carbonyl (C=O) groups is 1. The smallest absolute Gasteiger partial charge is 0.315 e. The Kier molecular flexibility index (Phi) is 4.15. The predicted molar refractivity (Wildman–Crippen MR) is 88.2 cm³/mol. The molecule has 0 aliphatic heterocycles. The number of nitrogens with one attached hydrogen (secondary N) is 2. The zero-order valence-electron chi connectivity index (χ0n) is 13.6. The molecule has 4 rings (SSSR count). The summed E-state index contributed by atoms with van der Waals surface area (Å²) in [6, 6.07) is 8.72. The summed E-state index contributed by atoms with van der Waals surface area (Å²) in [5, 5.41) is 17.7. The number of urea groups is 1. The van der Waals surface area contributed by atoms with Crippen molar-refractivity contribution in [2.45, 2.75) is 57.2 Å². The number of hydrogen-bond donors (Lipinski definition) is 2. The van der Waals surface area contributed by atoms with Gasteiger partial charge in [-0.15, -0.1) is 5.10 Å². The Morgan fingerprint density at radius 3 is 2.96 bits per heavy atom. The molecular formula is C17H22N6O. The summed E-state index contributed by atoms with van der Waals surface area (Å²) >= 11 is 0. The third-order valence-electron chi connectivity index (χ3n) is 4.79. The van der Waals surface area contributed by atoms with Gasteiger partial charge >= 0.3 is 6.03 Å². The molecule has 7 nitrogen and oxygen atoms in total. The molecule has 2 aliphatic carbocycles. The van der Waals surface area contributed by atoms with Crippen molar-refractivity contribution < 1.29 is 4.79 Å². The first-order chi connectivity index (χ1) is 11.8. The molecule has 0 saturated heterocycles. The van der Waals surface area contributed by atoms with Crippen LogP contribution < -0.4 is 10.6 Å². The van der Waals surface area contributed by atoms with E-state index in [1.807, 2.05) is 10.7 Å². The van der Waals surface area contributed by atoms with E-state index in [0.29, 0.717) is 18.4 Å². The summed E-state index contributed by atoms with van der Waals surface area (Å²) in [6.07, 6.45) is 6.59. The standard InChI is InChI=1S/C17H22N6O/c24-17(18-11-16-20-21-22-23(16)13-9-10-13)19-15-8-4-2-6-12-5-1-3-7-14(12)15/h1,3,5,7,13,15H,2,4,6,8-11H2,(H2,18,19,24)/t15-/m0/s1. The van der Waals surface area contributed by atoms with Gasteiger partial charge in [0.15, 0.2) is 5.82 Å². The molecule has 2 aliphatic rings. The third-order valence-corrected chi connectivity index (χ3v) is 4.79. The Bertz CT molecular complexity index is 723. The monoisotopic (exact) mass is 326 g/mol. The van der Waals surface area contributed by atoms with Crippen molar-refractivity contribution >= 4 is 6.03 Å². The van der Waals surface area contributed by atoms with E-state index < -0.39 is 0 Å². The summed E-state index contributed by atoms with van der Waals surface area (Å²) in [6.45, 7) is 0.351. The quantitative estimate of drug-likeness (QED) is 0.844. The van der Waals surface area contributed by atoms with Crippen molar-refractivity contribution in [2.24, 2.45) is 0 Å². The van der Waals surface area contributed by atoms with Crippen LogP contribution in [0.1, 0.15) is 61.1 Å². The maximum Gasteiger partial charge on any atom is 0.315 e. The molecule has 2 N–H and O–H groups in total. The van der Waals surface area contributed by atoms with Gasteiger partial charge in [-0.3, -0.25) is 0 Å². The number of hydrogen-bond acceptors (Lipinski definition) is 4. The van der Waals surface area contributed by atoms with Crippen molar-refractivity contribution in [3.05, 3.63) is 41.2 Å². The van der Waals surface area contributed by atoms with Gasteiger partial charge in [0.25, 0.3) is 0 Å². The summed E-state index contributed by atoms with van der Waals surface area (Å²) in [5.41, 5.74) is 2.59. The number of nitrogens with zero attached hydrogens (tertiary/aromatic N) is 4. The summed E-state index contributed by atoms with van der Waals surface area (Å²) in [5.74, 6) is 0.717. The van der Waals surface area contributed by atoms with Gasteiger partial charge in [-0.25, -0.2) is 9.48 Å². The predicted octanol–water partition coefficient (Wildman–Crippen LogP) is 2.27.